The molecule has 0 radical (unpaired) electrons. The highest BCUT2D eigenvalue weighted by Gasteiger charge is 2.31. The third-order valence-corrected chi connectivity index (χ3v) is 5.48. The van der Waals surface area contributed by atoms with Gasteiger partial charge in [-0.05, 0) is 29.3 Å². The highest BCUT2D eigenvalue weighted by Crippen LogP contribution is 2.30. The average molecular weight is 350 g/mol. The molecule has 1 N–H and O–H groups in total. The van der Waals surface area contributed by atoms with Crippen LogP contribution in [0.3, 0.4) is 0 Å². The summed E-state index contributed by atoms with van der Waals surface area (Å²) in [5.41, 5.74) is 0.966. The Morgan fingerprint density at radius 2 is 2.21 bits per heavy atom. The number of carbonyl (C=O) groups is 1. The first-order valence-electron chi connectivity index (χ1n) is 5.51. The van der Waals surface area contributed by atoms with Crippen molar-refractivity contribution in [2.24, 2.45) is 0 Å². The Morgan fingerprint density at radius 3 is 2.74 bits per heavy atom. The predicted molar refractivity (Wildman–Crippen MR) is 70.5 cm³/mol. The van der Waals surface area contributed by atoms with Crippen LogP contribution in [0, 0.1) is 0 Å². The van der Waals surface area contributed by atoms with Crippen LogP contribution in [0.2, 0.25) is 0 Å². The van der Waals surface area contributed by atoms with E-state index in [1.807, 2.05) is 13.0 Å². The van der Waals surface area contributed by atoms with E-state index in [1.54, 1.807) is 0 Å². The van der Waals surface area contributed by atoms with Crippen molar-refractivity contribution < 1.29 is 22.7 Å². The second-order valence-electron chi connectivity index (χ2n) is 4.23. The molecule has 1 aliphatic heterocycles. The van der Waals surface area contributed by atoms with Crippen LogP contribution in [-0.2, 0) is 10.0 Å². The quantitative estimate of drug-likeness (QED) is 0.844. The summed E-state index contributed by atoms with van der Waals surface area (Å²) in [5, 5.41) is 8.81. The van der Waals surface area contributed by atoms with Crippen molar-refractivity contribution >= 4 is 31.9 Å². The first-order chi connectivity index (χ1) is 8.82. The fraction of sp³-hybridized carbons (Fsp3) is 0.364. The van der Waals surface area contributed by atoms with E-state index in [9.17, 15) is 13.2 Å². The van der Waals surface area contributed by atoms with Crippen LogP contribution in [0.1, 0.15) is 23.9 Å². The smallest absolute Gasteiger partial charge is 0.371 e. The summed E-state index contributed by atoms with van der Waals surface area (Å²) in [7, 11) is -3.75. The van der Waals surface area contributed by atoms with Gasteiger partial charge in [-0.15, -0.1) is 0 Å². The number of carboxylic acid groups (broad SMARTS) is 1. The van der Waals surface area contributed by atoms with Gasteiger partial charge in [0.15, 0.2) is 4.67 Å². The lowest BCUT2D eigenvalue weighted by Crippen LogP contribution is -2.35. The van der Waals surface area contributed by atoms with Gasteiger partial charge in [0.2, 0.25) is 15.8 Å². The minimum Gasteiger partial charge on any atom is -0.475 e. The predicted octanol–water partition coefficient (Wildman–Crippen LogP) is 2.08. The van der Waals surface area contributed by atoms with Crippen molar-refractivity contribution in [2.45, 2.75) is 18.2 Å². The summed E-state index contributed by atoms with van der Waals surface area (Å²) >= 11 is 2.95. The summed E-state index contributed by atoms with van der Waals surface area (Å²) < 4.78 is 30.9. The molecule has 0 bridgehead atoms. The van der Waals surface area contributed by atoms with Gasteiger partial charge in [0.1, 0.15) is 4.90 Å². The van der Waals surface area contributed by atoms with E-state index in [4.69, 9.17) is 9.52 Å². The minimum absolute atomic E-state index is 0.0860. The molecule has 0 spiro atoms. The number of halogens is 1. The molecule has 6 nitrogen and oxygen atoms in total. The summed E-state index contributed by atoms with van der Waals surface area (Å²) in [6.45, 7) is 2.54. The molecule has 1 aromatic rings. The molecule has 2 rings (SSSR count). The zero-order valence-corrected chi connectivity index (χ0v) is 12.5. The minimum atomic E-state index is -3.75. The van der Waals surface area contributed by atoms with Crippen molar-refractivity contribution in [1.82, 2.24) is 4.31 Å². The van der Waals surface area contributed by atoms with Gasteiger partial charge in [-0.1, -0.05) is 11.6 Å². The van der Waals surface area contributed by atoms with Crippen LogP contribution in [0.5, 0.6) is 0 Å². The molecule has 0 saturated heterocycles. The number of carboxylic acids is 1. The Morgan fingerprint density at radius 1 is 1.53 bits per heavy atom. The van der Waals surface area contributed by atoms with E-state index in [1.165, 1.54) is 4.31 Å². The van der Waals surface area contributed by atoms with E-state index >= 15 is 0 Å². The van der Waals surface area contributed by atoms with Crippen molar-refractivity contribution in [3.05, 3.63) is 28.1 Å². The highest BCUT2D eigenvalue weighted by atomic mass is 79.9. The lowest BCUT2D eigenvalue weighted by atomic mass is 10.2. The lowest BCUT2D eigenvalue weighted by Gasteiger charge is -2.24. The molecule has 0 saturated carbocycles. The van der Waals surface area contributed by atoms with Crippen molar-refractivity contribution in [1.29, 1.82) is 0 Å². The van der Waals surface area contributed by atoms with Crippen LogP contribution in [0.15, 0.2) is 31.7 Å². The zero-order chi connectivity index (χ0) is 14.2. The molecule has 8 heteroatoms. The maximum absolute atomic E-state index is 12.4. The SMILES string of the molecule is CC1=CCCN(S(=O)(=O)c2cc(C(=O)O)oc2Br)C1. The number of rotatable bonds is 3. The van der Waals surface area contributed by atoms with E-state index < -0.39 is 21.8 Å². The molecule has 0 atom stereocenters. The molecule has 1 aromatic heterocycles. The van der Waals surface area contributed by atoms with Crippen LogP contribution in [-0.4, -0.2) is 36.9 Å². The molecule has 0 amide bonds. The fourth-order valence-electron chi connectivity index (χ4n) is 1.85. The van der Waals surface area contributed by atoms with Crippen molar-refractivity contribution in [3.8, 4) is 0 Å². The average Bonchev–Trinajstić information content (AvgIpc) is 2.72. The summed E-state index contributed by atoms with van der Waals surface area (Å²) in [4.78, 5) is 10.6. The first-order valence-corrected chi connectivity index (χ1v) is 7.74. The maximum atomic E-state index is 12.4. The third-order valence-electron chi connectivity index (χ3n) is 2.78. The topological polar surface area (TPSA) is 87.8 Å². The van der Waals surface area contributed by atoms with Gasteiger partial charge in [-0.25, -0.2) is 13.2 Å². The van der Waals surface area contributed by atoms with Crippen LogP contribution < -0.4 is 0 Å². The Labute approximate surface area is 118 Å². The summed E-state index contributed by atoms with van der Waals surface area (Å²) in [6, 6.07) is 1.02. The zero-order valence-electron chi connectivity index (χ0n) is 10.1. The molecule has 0 aliphatic carbocycles. The van der Waals surface area contributed by atoms with Crippen molar-refractivity contribution in [3.63, 3.8) is 0 Å². The largest absolute Gasteiger partial charge is 0.475 e. The summed E-state index contributed by atoms with van der Waals surface area (Å²) in [5.74, 6) is -1.72. The lowest BCUT2D eigenvalue weighted by molar-refractivity contribution is 0.0661. The molecule has 2 heterocycles. The van der Waals surface area contributed by atoms with Gasteiger partial charge in [0, 0.05) is 19.2 Å². The number of hydrogen-bond donors (Lipinski definition) is 1. The maximum Gasteiger partial charge on any atom is 0.371 e. The molecular weight excluding hydrogens is 338 g/mol. The van der Waals surface area contributed by atoms with Gasteiger partial charge in [0.25, 0.3) is 0 Å². The second kappa shape index (κ2) is 5.10. The normalized spacial score (nSPS) is 17.3. The number of nitrogens with zero attached hydrogens (tertiary/aromatic N) is 1. The van der Waals surface area contributed by atoms with E-state index in [0.717, 1.165) is 11.6 Å². The van der Waals surface area contributed by atoms with E-state index in [-0.39, 0.29) is 9.56 Å². The van der Waals surface area contributed by atoms with Crippen molar-refractivity contribution in [2.75, 3.05) is 13.1 Å². The van der Waals surface area contributed by atoms with E-state index in [2.05, 4.69) is 15.9 Å². The monoisotopic (exact) mass is 349 g/mol. The standard InChI is InChI=1S/C11H12BrNO5S/c1-7-3-2-4-13(6-7)19(16,17)9-5-8(11(14)15)18-10(9)12/h3,5H,2,4,6H2,1H3,(H,14,15). The van der Waals surface area contributed by atoms with E-state index in [0.29, 0.717) is 19.5 Å². The molecule has 0 unspecified atom stereocenters. The van der Waals surface area contributed by atoms with Gasteiger partial charge in [-0.3, -0.25) is 0 Å². The highest BCUT2D eigenvalue weighted by molar-refractivity contribution is 9.10. The Hall–Kier alpha value is -1.12. The van der Waals surface area contributed by atoms with Crippen LogP contribution >= 0.6 is 15.9 Å². The van der Waals surface area contributed by atoms with Gasteiger partial charge in [-0.2, -0.15) is 4.31 Å². The number of furan rings is 1. The molecule has 0 aromatic carbocycles. The van der Waals surface area contributed by atoms with Gasteiger partial charge < -0.3 is 9.52 Å². The van der Waals surface area contributed by atoms with Gasteiger partial charge >= 0.3 is 5.97 Å². The molecule has 104 valence electrons. The van der Waals surface area contributed by atoms with Crippen LogP contribution in [0.4, 0.5) is 0 Å². The third kappa shape index (κ3) is 2.75. The number of aromatic carboxylic acids is 1. The first kappa shape index (κ1) is 14.3. The summed E-state index contributed by atoms with van der Waals surface area (Å²) in [6.07, 6.45) is 2.63. The Balaban J connectivity index is 2.40. The Bertz CT molecular complexity index is 646. The van der Waals surface area contributed by atoms with Crippen LogP contribution in [0.25, 0.3) is 0 Å². The van der Waals surface area contributed by atoms with Gasteiger partial charge in [0.05, 0.1) is 0 Å². The molecular formula is C11H12BrNO5S. The number of hydrogen-bond acceptors (Lipinski definition) is 4. The second-order valence-corrected chi connectivity index (χ2v) is 6.86. The number of sulfonamides is 1. The molecule has 0 fully saturated rings. The molecule has 1 aliphatic rings. The Kier molecular flexibility index (Phi) is 3.84. The fourth-order valence-corrected chi connectivity index (χ4v) is 4.25. The molecule has 19 heavy (non-hydrogen) atoms.